The maximum atomic E-state index is 12.1. The maximum absolute atomic E-state index is 12.1. The second-order valence-electron chi connectivity index (χ2n) is 5.78. The van der Waals surface area contributed by atoms with Crippen molar-refractivity contribution >= 4 is 11.6 Å². The van der Waals surface area contributed by atoms with Crippen LogP contribution in [0.25, 0.3) is 0 Å². The number of rotatable bonds is 7. The molecule has 0 saturated heterocycles. The number of carbonyl (C=O) groups is 2. The van der Waals surface area contributed by atoms with Crippen LogP contribution >= 0.6 is 0 Å². The summed E-state index contributed by atoms with van der Waals surface area (Å²) in [5, 5.41) is 0. The van der Waals surface area contributed by atoms with Gasteiger partial charge in [0.05, 0.1) is 0 Å². The lowest BCUT2D eigenvalue weighted by Crippen LogP contribution is -2.17. The van der Waals surface area contributed by atoms with E-state index in [4.69, 9.17) is 0 Å². The zero-order valence-corrected chi connectivity index (χ0v) is 13.6. The van der Waals surface area contributed by atoms with Crippen LogP contribution in [-0.2, 0) is 28.9 Å². The molecular weight excluding hydrogens is 333 g/mol. The van der Waals surface area contributed by atoms with Gasteiger partial charge in [0, 0.05) is 19.3 Å². The Kier molecular flexibility index (Phi) is 5.96. The van der Waals surface area contributed by atoms with Gasteiger partial charge in [-0.3, -0.25) is 9.59 Å². The van der Waals surface area contributed by atoms with Gasteiger partial charge < -0.3 is 4.74 Å². The molecule has 0 aliphatic rings. The molecule has 0 aliphatic carbocycles. The van der Waals surface area contributed by atoms with Gasteiger partial charge in [-0.15, -0.1) is 13.2 Å². The van der Waals surface area contributed by atoms with Crippen molar-refractivity contribution in [2.75, 3.05) is 0 Å². The average Bonchev–Trinajstić information content (AvgIpc) is 2.49. The van der Waals surface area contributed by atoms with E-state index in [-0.39, 0.29) is 30.2 Å². The summed E-state index contributed by atoms with van der Waals surface area (Å²) in [5.74, 6) is -0.296. The molecule has 2 aromatic rings. The largest absolute Gasteiger partial charge is 0.573 e. The Hall–Kier alpha value is -2.63. The Labute approximate surface area is 143 Å². The molecule has 0 N–H and O–H groups in total. The molecule has 0 radical (unpaired) electrons. The third-order valence-corrected chi connectivity index (χ3v) is 3.44. The number of ketones is 2. The lowest BCUT2D eigenvalue weighted by molar-refractivity contribution is -0.274. The van der Waals surface area contributed by atoms with Crippen molar-refractivity contribution in [3.8, 4) is 5.75 Å². The van der Waals surface area contributed by atoms with E-state index in [0.717, 1.165) is 11.1 Å². The number of hydrogen-bond acceptors (Lipinski definition) is 3. The minimum atomic E-state index is -4.73. The maximum Gasteiger partial charge on any atom is 0.573 e. The highest BCUT2D eigenvalue weighted by molar-refractivity contribution is 5.83. The molecule has 0 bridgehead atoms. The van der Waals surface area contributed by atoms with Crippen LogP contribution in [0.2, 0.25) is 0 Å². The van der Waals surface area contributed by atoms with Gasteiger partial charge in [-0.05, 0) is 35.7 Å². The summed E-state index contributed by atoms with van der Waals surface area (Å²) in [6.07, 6.45) is -4.02. The van der Waals surface area contributed by atoms with Gasteiger partial charge in [0.1, 0.15) is 17.3 Å². The number of hydrogen-bond donors (Lipinski definition) is 0. The topological polar surface area (TPSA) is 43.4 Å². The lowest BCUT2D eigenvalue weighted by atomic mass is 10.0. The Morgan fingerprint density at radius 1 is 0.800 bits per heavy atom. The van der Waals surface area contributed by atoms with Crippen LogP contribution in [0, 0.1) is 0 Å². The van der Waals surface area contributed by atoms with Crippen LogP contribution in [-0.4, -0.2) is 17.9 Å². The quantitative estimate of drug-likeness (QED) is 0.756. The third-order valence-electron chi connectivity index (χ3n) is 3.44. The molecule has 3 nitrogen and oxygen atoms in total. The zero-order valence-electron chi connectivity index (χ0n) is 13.6. The smallest absolute Gasteiger partial charge is 0.406 e. The highest BCUT2D eigenvalue weighted by Crippen LogP contribution is 2.23. The third kappa shape index (κ3) is 6.79. The summed E-state index contributed by atoms with van der Waals surface area (Å²) in [6, 6.07) is 12.5. The van der Waals surface area contributed by atoms with Gasteiger partial charge in [0.15, 0.2) is 0 Å². The Balaban J connectivity index is 1.90. The first kappa shape index (κ1) is 18.7. The molecule has 0 spiro atoms. The van der Waals surface area contributed by atoms with Crippen molar-refractivity contribution in [1.29, 1.82) is 0 Å². The molecule has 6 heteroatoms. The van der Waals surface area contributed by atoms with Crippen LogP contribution in [0.15, 0.2) is 48.5 Å². The first-order valence-electron chi connectivity index (χ1n) is 7.65. The number of carbonyl (C=O) groups excluding carboxylic acids is 2. The molecule has 0 atom stereocenters. The summed E-state index contributed by atoms with van der Waals surface area (Å²) in [4.78, 5) is 23.1. The summed E-state index contributed by atoms with van der Waals surface area (Å²) in [5.41, 5.74) is 2.34. The van der Waals surface area contributed by atoms with E-state index in [0.29, 0.717) is 12.0 Å². The molecule has 0 unspecified atom stereocenters. The Morgan fingerprint density at radius 3 is 1.60 bits per heavy atom. The van der Waals surface area contributed by atoms with Crippen molar-refractivity contribution < 1.29 is 27.5 Å². The number of ether oxygens (including phenoxy) is 1. The van der Waals surface area contributed by atoms with Gasteiger partial charge in [0.2, 0.25) is 0 Å². The summed E-state index contributed by atoms with van der Waals surface area (Å²) < 4.78 is 40.1. The normalized spacial score (nSPS) is 11.2. The predicted molar refractivity (Wildman–Crippen MR) is 86.4 cm³/mol. The first-order valence-corrected chi connectivity index (χ1v) is 7.65. The van der Waals surface area contributed by atoms with E-state index in [1.54, 1.807) is 12.1 Å². The van der Waals surface area contributed by atoms with Crippen molar-refractivity contribution in [3.05, 3.63) is 65.2 Å². The number of benzene rings is 2. The average molecular weight is 350 g/mol. The summed E-state index contributed by atoms with van der Waals surface area (Å²) in [6.45, 7) is 1.52. The molecule has 2 aromatic carbocycles. The molecule has 0 saturated carbocycles. The number of alkyl halides is 3. The van der Waals surface area contributed by atoms with E-state index in [1.165, 1.54) is 31.2 Å². The van der Waals surface area contributed by atoms with Gasteiger partial charge in [-0.25, -0.2) is 0 Å². The van der Waals surface area contributed by atoms with Gasteiger partial charge in [-0.2, -0.15) is 0 Å². The van der Waals surface area contributed by atoms with E-state index in [1.807, 2.05) is 12.1 Å². The minimum Gasteiger partial charge on any atom is -0.406 e. The Morgan fingerprint density at radius 2 is 1.20 bits per heavy atom. The molecule has 25 heavy (non-hydrogen) atoms. The van der Waals surface area contributed by atoms with E-state index < -0.39 is 6.36 Å². The van der Waals surface area contributed by atoms with Crippen molar-refractivity contribution in [2.24, 2.45) is 0 Å². The second-order valence-corrected chi connectivity index (χ2v) is 5.78. The number of Topliss-reactive ketones (excluding diaryl/α,β-unsaturated/α-hetero) is 2. The zero-order chi connectivity index (χ0) is 18.4. The highest BCUT2D eigenvalue weighted by Gasteiger charge is 2.30. The van der Waals surface area contributed by atoms with Gasteiger partial charge in [0.25, 0.3) is 0 Å². The highest BCUT2D eigenvalue weighted by atomic mass is 19.4. The molecule has 0 heterocycles. The van der Waals surface area contributed by atoms with Crippen LogP contribution in [0.4, 0.5) is 13.2 Å². The monoisotopic (exact) mass is 350 g/mol. The molecule has 132 valence electrons. The van der Waals surface area contributed by atoms with Crippen LogP contribution in [0.3, 0.4) is 0 Å². The van der Waals surface area contributed by atoms with Gasteiger partial charge in [-0.1, -0.05) is 36.4 Å². The molecule has 0 aliphatic heterocycles. The molecule has 2 rings (SSSR count). The fourth-order valence-electron chi connectivity index (χ4n) is 2.39. The van der Waals surface area contributed by atoms with Crippen molar-refractivity contribution in [2.45, 2.75) is 32.5 Å². The molecular formula is C19H17F3O3. The standard InChI is InChI=1S/C19H17F3O3/c1-13(23)10-14-2-4-15(5-3-14)11-17(24)12-16-6-8-18(9-7-16)25-19(20,21)22/h2-9H,10-12H2,1H3. The lowest BCUT2D eigenvalue weighted by Gasteiger charge is -2.09. The molecule has 0 amide bonds. The van der Waals surface area contributed by atoms with E-state index in [2.05, 4.69) is 4.74 Å². The summed E-state index contributed by atoms with van der Waals surface area (Å²) >= 11 is 0. The van der Waals surface area contributed by atoms with Crippen LogP contribution in [0.1, 0.15) is 23.6 Å². The first-order chi connectivity index (χ1) is 11.7. The van der Waals surface area contributed by atoms with Crippen LogP contribution in [0.5, 0.6) is 5.75 Å². The van der Waals surface area contributed by atoms with E-state index in [9.17, 15) is 22.8 Å². The SMILES string of the molecule is CC(=O)Cc1ccc(CC(=O)Cc2ccc(OC(F)(F)F)cc2)cc1. The molecule has 0 aromatic heterocycles. The second kappa shape index (κ2) is 7.96. The van der Waals surface area contributed by atoms with Crippen molar-refractivity contribution in [1.82, 2.24) is 0 Å². The van der Waals surface area contributed by atoms with Gasteiger partial charge >= 0.3 is 6.36 Å². The fraction of sp³-hybridized carbons (Fsp3) is 0.263. The minimum absolute atomic E-state index is 0.0520. The summed E-state index contributed by atoms with van der Waals surface area (Å²) in [7, 11) is 0. The fourth-order valence-corrected chi connectivity index (χ4v) is 2.39. The number of halogens is 3. The van der Waals surface area contributed by atoms with Crippen molar-refractivity contribution in [3.63, 3.8) is 0 Å². The van der Waals surface area contributed by atoms with E-state index >= 15 is 0 Å². The predicted octanol–water partition coefficient (Wildman–Crippen LogP) is 4.07. The van der Waals surface area contributed by atoms with Crippen LogP contribution < -0.4 is 4.74 Å². The Bertz CT molecular complexity index is 732. The molecule has 0 fully saturated rings.